The number of rotatable bonds is 4. The molecule has 0 aromatic carbocycles. The van der Waals surface area contributed by atoms with Gasteiger partial charge < -0.3 is 11.1 Å². The Bertz CT molecular complexity index is 352. The average molecular weight is 250 g/mol. The Kier molecular flexibility index (Phi) is 4.05. The summed E-state index contributed by atoms with van der Waals surface area (Å²) in [5.41, 5.74) is 5.02. The van der Waals surface area contributed by atoms with Crippen LogP contribution in [0.5, 0.6) is 0 Å². The van der Waals surface area contributed by atoms with E-state index in [9.17, 15) is 4.79 Å². The van der Waals surface area contributed by atoms with Crippen molar-refractivity contribution in [1.82, 2.24) is 15.0 Å². The van der Waals surface area contributed by atoms with Crippen LogP contribution in [-0.4, -0.2) is 26.9 Å². The van der Waals surface area contributed by atoms with E-state index in [1.54, 1.807) is 6.92 Å². The van der Waals surface area contributed by atoms with Gasteiger partial charge in [0.05, 0.1) is 0 Å². The molecule has 3 N–H and O–H groups in total. The van der Waals surface area contributed by atoms with Crippen molar-refractivity contribution < 1.29 is 4.79 Å². The zero-order valence-electron chi connectivity index (χ0n) is 7.87. The van der Waals surface area contributed by atoms with Gasteiger partial charge in [0.15, 0.2) is 0 Å². The van der Waals surface area contributed by atoms with Gasteiger partial charge in [-0.1, -0.05) is 0 Å². The first-order chi connectivity index (χ1) is 6.97. The maximum atomic E-state index is 10.6. The first kappa shape index (κ1) is 11.9. The molecule has 0 aliphatic carbocycles. The summed E-state index contributed by atoms with van der Waals surface area (Å²) in [6.45, 7) is 1.76. The first-order valence-corrected chi connectivity index (χ1v) is 4.85. The maximum Gasteiger partial charge on any atom is 0.228 e. The van der Waals surface area contributed by atoms with Gasteiger partial charge >= 0.3 is 0 Å². The molecular formula is C7H9Cl2N5O. The van der Waals surface area contributed by atoms with Crippen LogP contribution in [-0.2, 0) is 4.79 Å². The fourth-order valence-corrected chi connectivity index (χ4v) is 1.33. The lowest BCUT2D eigenvalue weighted by atomic mass is 10.2. The van der Waals surface area contributed by atoms with Gasteiger partial charge in [0.25, 0.3) is 0 Å². The SMILES string of the molecule is CC(CC(N)=O)Nc1nc(Cl)nc(Cl)n1. The Balaban J connectivity index is 2.67. The highest BCUT2D eigenvalue weighted by Crippen LogP contribution is 2.10. The number of carbonyl (C=O) groups is 1. The number of nitrogens with zero attached hydrogens (tertiary/aromatic N) is 3. The summed E-state index contributed by atoms with van der Waals surface area (Å²) >= 11 is 11.1. The zero-order valence-corrected chi connectivity index (χ0v) is 9.38. The number of primary amides is 1. The molecule has 0 spiro atoms. The molecule has 82 valence electrons. The number of hydrogen-bond donors (Lipinski definition) is 2. The maximum absolute atomic E-state index is 10.6. The van der Waals surface area contributed by atoms with E-state index in [1.165, 1.54) is 0 Å². The highest BCUT2D eigenvalue weighted by molar-refractivity contribution is 6.31. The Labute approximate surface area is 96.2 Å². The fraction of sp³-hybridized carbons (Fsp3) is 0.429. The fourth-order valence-electron chi connectivity index (χ4n) is 0.964. The number of hydrogen-bond acceptors (Lipinski definition) is 5. The molecule has 1 amide bonds. The lowest BCUT2D eigenvalue weighted by Gasteiger charge is -2.11. The van der Waals surface area contributed by atoms with Crippen molar-refractivity contribution >= 4 is 35.1 Å². The van der Waals surface area contributed by atoms with Crippen molar-refractivity contribution in [2.45, 2.75) is 19.4 Å². The second-order valence-electron chi connectivity index (χ2n) is 2.91. The van der Waals surface area contributed by atoms with Gasteiger partial charge in [0.1, 0.15) is 0 Å². The normalized spacial score (nSPS) is 12.2. The van der Waals surface area contributed by atoms with Gasteiger partial charge in [-0.15, -0.1) is 0 Å². The molecule has 0 saturated carbocycles. The van der Waals surface area contributed by atoms with Crippen LogP contribution in [0.25, 0.3) is 0 Å². The Morgan fingerprint density at radius 2 is 1.93 bits per heavy atom. The Morgan fingerprint density at radius 3 is 2.40 bits per heavy atom. The second-order valence-corrected chi connectivity index (χ2v) is 3.59. The van der Waals surface area contributed by atoms with Crippen molar-refractivity contribution in [2.24, 2.45) is 5.73 Å². The van der Waals surface area contributed by atoms with E-state index in [0.29, 0.717) is 0 Å². The van der Waals surface area contributed by atoms with Crippen LogP contribution in [0.1, 0.15) is 13.3 Å². The molecule has 0 fully saturated rings. The predicted octanol–water partition coefficient (Wildman–Crippen LogP) is 0.854. The van der Waals surface area contributed by atoms with E-state index < -0.39 is 5.91 Å². The molecule has 8 heteroatoms. The van der Waals surface area contributed by atoms with Crippen LogP contribution >= 0.6 is 23.2 Å². The minimum absolute atomic E-state index is 0.0104. The third-order valence-electron chi connectivity index (χ3n) is 1.46. The quantitative estimate of drug-likeness (QED) is 0.826. The molecule has 0 saturated heterocycles. The van der Waals surface area contributed by atoms with Crippen molar-refractivity contribution in [2.75, 3.05) is 5.32 Å². The van der Waals surface area contributed by atoms with Crippen molar-refractivity contribution in [3.05, 3.63) is 10.6 Å². The van der Waals surface area contributed by atoms with Gasteiger partial charge in [0.2, 0.25) is 22.4 Å². The molecule has 1 heterocycles. The van der Waals surface area contributed by atoms with Crippen molar-refractivity contribution in [3.63, 3.8) is 0 Å². The number of nitrogens with one attached hydrogen (secondary N) is 1. The van der Waals surface area contributed by atoms with Gasteiger partial charge in [-0.2, -0.15) is 15.0 Å². The smallest absolute Gasteiger partial charge is 0.228 e. The molecule has 1 rings (SSSR count). The molecule has 0 aliphatic heterocycles. The summed E-state index contributed by atoms with van der Waals surface area (Å²) in [6.07, 6.45) is 0.168. The van der Waals surface area contributed by atoms with Crippen LogP contribution in [0, 0.1) is 0 Å². The van der Waals surface area contributed by atoms with Crippen LogP contribution in [0.4, 0.5) is 5.95 Å². The van der Waals surface area contributed by atoms with Crippen molar-refractivity contribution in [1.29, 1.82) is 0 Å². The third-order valence-corrected chi connectivity index (χ3v) is 1.80. The minimum atomic E-state index is -0.416. The molecule has 15 heavy (non-hydrogen) atoms. The largest absolute Gasteiger partial charge is 0.370 e. The number of anilines is 1. The van der Waals surface area contributed by atoms with E-state index in [-0.39, 0.29) is 29.0 Å². The van der Waals surface area contributed by atoms with Gasteiger partial charge in [0, 0.05) is 12.5 Å². The standard InChI is InChI=1S/C7H9Cl2N5O/c1-3(2-4(10)15)11-7-13-5(8)12-6(9)14-7/h3H,2H2,1H3,(H2,10,15)(H,11,12,13,14). The molecular weight excluding hydrogens is 241 g/mol. The van der Waals surface area contributed by atoms with Crippen molar-refractivity contribution in [3.8, 4) is 0 Å². The summed E-state index contributed by atoms with van der Waals surface area (Å²) in [6, 6.07) is -0.197. The van der Waals surface area contributed by atoms with E-state index >= 15 is 0 Å². The molecule has 1 unspecified atom stereocenters. The predicted molar refractivity (Wildman–Crippen MR) is 56.7 cm³/mol. The zero-order chi connectivity index (χ0) is 11.4. The first-order valence-electron chi connectivity index (χ1n) is 4.09. The molecule has 0 aliphatic rings. The van der Waals surface area contributed by atoms with Crippen LogP contribution in [0.3, 0.4) is 0 Å². The number of amides is 1. The van der Waals surface area contributed by atoms with E-state index in [1.807, 2.05) is 0 Å². The second kappa shape index (κ2) is 5.09. The number of aromatic nitrogens is 3. The number of nitrogens with two attached hydrogens (primary N) is 1. The molecule has 1 aromatic heterocycles. The number of halogens is 2. The summed E-state index contributed by atoms with van der Waals surface area (Å²) in [4.78, 5) is 21.7. The monoisotopic (exact) mass is 249 g/mol. The van der Waals surface area contributed by atoms with Gasteiger partial charge in [-0.25, -0.2) is 0 Å². The lowest BCUT2D eigenvalue weighted by Crippen LogP contribution is -2.25. The Hall–Kier alpha value is -1.14. The van der Waals surface area contributed by atoms with Gasteiger partial charge in [-0.3, -0.25) is 4.79 Å². The molecule has 0 bridgehead atoms. The third kappa shape index (κ3) is 4.26. The summed E-state index contributed by atoms with van der Waals surface area (Å²) in [7, 11) is 0. The molecule has 0 radical (unpaired) electrons. The van der Waals surface area contributed by atoms with Crippen LogP contribution in [0.15, 0.2) is 0 Å². The Morgan fingerprint density at radius 1 is 1.40 bits per heavy atom. The molecule has 1 atom stereocenters. The van der Waals surface area contributed by atoms with E-state index in [4.69, 9.17) is 28.9 Å². The average Bonchev–Trinajstić information content (AvgIpc) is 1.98. The van der Waals surface area contributed by atoms with Gasteiger partial charge in [-0.05, 0) is 30.1 Å². The van der Waals surface area contributed by atoms with Crippen LogP contribution < -0.4 is 11.1 Å². The molecule has 1 aromatic rings. The highest BCUT2D eigenvalue weighted by atomic mass is 35.5. The summed E-state index contributed by atoms with van der Waals surface area (Å²) in [5.74, 6) is -0.199. The van der Waals surface area contributed by atoms with E-state index in [2.05, 4.69) is 20.3 Å². The summed E-state index contributed by atoms with van der Waals surface area (Å²) in [5, 5.41) is 2.80. The highest BCUT2D eigenvalue weighted by Gasteiger charge is 2.09. The topological polar surface area (TPSA) is 93.8 Å². The molecule has 6 nitrogen and oxygen atoms in total. The van der Waals surface area contributed by atoms with Crippen LogP contribution in [0.2, 0.25) is 10.6 Å². The number of carbonyl (C=O) groups excluding carboxylic acids is 1. The summed E-state index contributed by atoms with van der Waals surface area (Å²) < 4.78 is 0. The lowest BCUT2D eigenvalue weighted by molar-refractivity contribution is -0.118. The van der Waals surface area contributed by atoms with E-state index in [0.717, 1.165) is 0 Å². The minimum Gasteiger partial charge on any atom is -0.370 e.